The van der Waals surface area contributed by atoms with Gasteiger partial charge in [0.05, 0.1) is 0 Å². The van der Waals surface area contributed by atoms with E-state index >= 15 is 0 Å². The summed E-state index contributed by atoms with van der Waals surface area (Å²) in [4.78, 5) is 15.5. The fraction of sp³-hybridized carbons (Fsp3) is 0.692. The van der Waals surface area contributed by atoms with Gasteiger partial charge in [0.2, 0.25) is 0 Å². The summed E-state index contributed by atoms with van der Waals surface area (Å²) >= 11 is 0. The van der Waals surface area contributed by atoms with Crippen molar-refractivity contribution in [3.8, 4) is 0 Å². The van der Waals surface area contributed by atoms with Crippen LogP contribution in [0, 0.1) is 0 Å². The van der Waals surface area contributed by atoms with Crippen molar-refractivity contribution in [2.24, 2.45) is 0 Å². The van der Waals surface area contributed by atoms with Crippen LogP contribution in [0.25, 0.3) is 0 Å². The molecule has 0 spiro atoms. The molecule has 3 nitrogen and oxygen atoms in total. The van der Waals surface area contributed by atoms with E-state index in [1.807, 2.05) is 0 Å². The highest BCUT2D eigenvalue weighted by molar-refractivity contribution is 5.74. The lowest BCUT2D eigenvalue weighted by Gasteiger charge is -2.27. The SMILES string of the molecule is CCC1CCCc2c(C=O)nc(C(C)C)n21. The molecule has 0 saturated carbocycles. The third kappa shape index (κ3) is 1.68. The van der Waals surface area contributed by atoms with Gasteiger partial charge in [-0.25, -0.2) is 4.98 Å². The molecule has 0 N–H and O–H groups in total. The smallest absolute Gasteiger partial charge is 0.170 e. The molecule has 0 bridgehead atoms. The van der Waals surface area contributed by atoms with Crippen LogP contribution in [-0.4, -0.2) is 15.8 Å². The van der Waals surface area contributed by atoms with Gasteiger partial charge in [0.1, 0.15) is 11.5 Å². The molecule has 1 unspecified atom stereocenters. The summed E-state index contributed by atoms with van der Waals surface area (Å²) in [6, 6.07) is 0.544. The quantitative estimate of drug-likeness (QED) is 0.734. The Kier molecular flexibility index (Phi) is 3.13. The molecule has 2 heterocycles. The van der Waals surface area contributed by atoms with Crippen molar-refractivity contribution < 1.29 is 4.79 Å². The number of rotatable bonds is 3. The molecule has 0 radical (unpaired) electrons. The predicted octanol–water partition coefficient (Wildman–Crippen LogP) is 3.11. The van der Waals surface area contributed by atoms with Crippen molar-refractivity contribution in [2.45, 2.75) is 58.4 Å². The molecule has 1 aliphatic heterocycles. The minimum atomic E-state index is 0.389. The Bertz CT molecular complexity index is 393. The Hall–Kier alpha value is -1.12. The summed E-state index contributed by atoms with van der Waals surface area (Å²) in [6.45, 7) is 6.50. The van der Waals surface area contributed by atoms with E-state index in [2.05, 4.69) is 30.3 Å². The summed E-state index contributed by atoms with van der Waals surface area (Å²) in [5.74, 6) is 1.48. The van der Waals surface area contributed by atoms with Crippen LogP contribution < -0.4 is 0 Å². The molecule has 1 aromatic rings. The van der Waals surface area contributed by atoms with Crippen molar-refractivity contribution in [3.05, 3.63) is 17.2 Å². The average Bonchev–Trinajstić information content (AvgIpc) is 2.67. The summed E-state index contributed by atoms with van der Waals surface area (Å²) in [5.41, 5.74) is 1.83. The molecule has 1 aliphatic rings. The molecule has 0 amide bonds. The van der Waals surface area contributed by atoms with Crippen LogP contribution in [0.3, 0.4) is 0 Å². The van der Waals surface area contributed by atoms with Gasteiger partial charge in [-0.05, 0) is 25.7 Å². The summed E-state index contributed by atoms with van der Waals surface area (Å²) in [7, 11) is 0. The normalized spacial score (nSPS) is 19.9. The van der Waals surface area contributed by atoms with Crippen LogP contribution >= 0.6 is 0 Å². The molecule has 1 aromatic heterocycles. The lowest BCUT2D eigenvalue weighted by Crippen LogP contribution is -2.20. The number of aromatic nitrogens is 2. The largest absolute Gasteiger partial charge is 0.328 e. The van der Waals surface area contributed by atoms with Crippen LogP contribution in [-0.2, 0) is 6.42 Å². The topological polar surface area (TPSA) is 34.9 Å². The maximum atomic E-state index is 11.0. The van der Waals surface area contributed by atoms with E-state index in [1.54, 1.807) is 0 Å². The van der Waals surface area contributed by atoms with Gasteiger partial charge in [0.25, 0.3) is 0 Å². The Balaban J connectivity index is 2.55. The number of hydrogen-bond acceptors (Lipinski definition) is 2. The van der Waals surface area contributed by atoms with Gasteiger partial charge in [0.15, 0.2) is 6.29 Å². The molecule has 0 fully saturated rings. The van der Waals surface area contributed by atoms with Crippen molar-refractivity contribution in [2.75, 3.05) is 0 Å². The minimum Gasteiger partial charge on any atom is -0.328 e. The highest BCUT2D eigenvalue weighted by Gasteiger charge is 2.26. The zero-order valence-electron chi connectivity index (χ0n) is 10.4. The zero-order valence-corrected chi connectivity index (χ0v) is 10.4. The van der Waals surface area contributed by atoms with Gasteiger partial charge in [-0.3, -0.25) is 4.79 Å². The number of hydrogen-bond donors (Lipinski definition) is 0. The Morgan fingerprint density at radius 2 is 2.31 bits per heavy atom. The second-order valence-electron chi connectivity index (χ2n) is 4.90. The summed E-state index contributed by atoms with van der Waals surface area (Å²) < 4.78 is 2.33. The van der Waals surface area contributed by atoms with Crippen LogP contribution in [0.5, 0.6) is 0 Å². The van der Waals surface area contributed by atoms with Gasteiger partial charge in [-0.2, -0.15) is 0 Å². The standard InChI is InChI=1S/C13H20N2O/c1-4-10-6-5-7-12-11(8-16)14-13(9(2)3)15(10)12/h8-10H,4-7H2,1-3H3. The van der Waals surface area contributed by atoms with E-state index in [-0.39, 0.29) is 0 Å². The fourth-order valence-electron chi connectivity index (χ4n) is 2.68. The highest BCUT2D eigenvalue weighted by atomic mass is 16.1. The number of nitrogens with zero attached hydrogens (tertiary/aromatic N) is 2. The highest BCUT2D eigenvalue weighted by Crippen LogP contribution is 2.32. The average molecular weight is 220 g/mol. The van der Waals surface area contributed by atoms with Gasteiger partial charge in [0, 0.05) is 17.7 Å². The Morgan fingerprint density at radius 3 is 2.88 bits per heavy atom. The fourth-order valence-corrected chi connectivity index (χ4v) is 2.68. The van der Waals surface area contributed by atoms with Crippen LogP contribution in [0.4, 0.5) is 0 Å². The van der Waals surface area contributed by atoms with E-state index in [0.717, 1.165) is 30.6 Å². The molecule has 16 heavy (non-hydrogen) atoms. The molecule has 2 rings (SSSR count). The number of carbonyl (C=O) groups is 1. The second-order valence-corrected chi connectivity index (χ2v) is 4.90. The first kappa shape index (κ1) is 11.4. The van der Waals surface area contributed by atoms with Gasteiger partial charge in [-0.15, -0.1) is 0 Å². The summed E-state index contributed by atoms with van der Waals surface area (Å²) in [5, 5.41) is 0. The van der Waals surface area contributed by atoms with Crippen LogP contribution in [0.15, 0.2) is 0 Å². The maximum Gasteiger partial charge on any atom is 0.170 e. The van der Waals surface area contributed by atoms with E-state index in [0.29, 0.717) is 17.7 Å². The number of fused-ring (bicyclic) bond motifs is 1. The lowest BCUT2D eigenvalue weighted by molar-refractivity contribution is 0.111. The number of aldehydes is 1. The molecular weight excluding hydrogens is 200 g/mol. The van der Waals surface area contributed by atoms with Crippen LogP contribution in [0.2, 0.25) is 0 Å². The first-order valence-electron chi connectivity index (χ1n) is 6.25. The Morgan fingerprint density at radius 1 is 1.56 bits per heavy atom. The Labute approximate surface area is 96.9 Å². The molecule has 1 atom stereocenters. The van der Waals surface area contributed by atoms with E-state index in [4.69, 9.17) is 0 Å². The van der Waals surface area contributed by atoms with Crippen molar-refractivity contribution in [1.29, 1.82) is 0 Å². The first-order chi connectivity index (χ1) is 7.69. The van der Waals surface area contributed by atoms with Gasteiger partial charge >= 0.3 is 0 Å². The number of carbonyl (C=O) groups excluding carboxylic acids is 1. The number of imidazole rings is 1. The summed E-state index contributed by atoms with van der Waals surface area (Å²) in [6.07, 6.45) is 5.45. The minimum absolute atomic E-state index is 0.389. The third-order valence-electron chi connectivity index (χ3n) is 3.48. The third-order valence-corrected chi connectivity index (χ3v) is 3.48. The van der Waals surface area contributed by atoms with E-state index < -0.39 is 0 Å². The molecule has 88 valence electrons. The van der Waals surface area contributed by atoms with E-state index in [9.17, 15) is 4.79 Å². The molecular formula is C13H20N2O. The van der Waals surface area contributed by atoms with Crippen molar-refractivity contribution in [3.63, 3.8) is 0 Å². The maximum absolute atomic E-state index is 11.0. The molecule has 0 aliphatic carbocycles. The van der Waals surface area contributed by atoms with E-state index in [1.165, 1.54) is 12.8 Å². The zero-order chi connectivity index (χ0) is 11.7. The lowest BCUT2D eigenvalue weighted by atomic mass is 9.99. The first-order valence-corrected chi connectivity index (χ1v) is 6.25. The monoisotopic (exact) mass is 220 g/mol. The predicted molar refractivity (Wildman–Crippen MR) is 64.0 cm³/mol. The van der Waals surface area contributed by atoms with Crippen LogP contribution in [0.1, 0.15) is 74.0 Å². The molecule has 0 aromatic carbocycles. The van der Waals surface area contributed by atoms with Gasteiger partial charge in [-0.1, -0.05) is 20.8 Å². The molecule has 3 heteroatoms. The van der Waals surface area contributed by atoms with Crippen molar-refractivity contribution >= 4 is 6.29 Å². The van der Waals surface area contributed by atoms with Crippen molar-refractivity contribution in [1.82, 2.24) is 9.55 Å². The second kappa shape index (κ2) is 4.40. The van der Waals surface area contributed by atoms with Gasteiger partial charge < -0.3 is 4.57 Å². The molecule has 0 saturated heterocycles.